The van der Waals surface area contributed by atoms with Crippen LogP contribution in [0.15, 0.2) is 36.4 Å². The zero-order valence-corrected chi connectivity index (χ0v) is 20.7. The van der Waals surface area contributed by atoms with Gasteiger partial charge in [0.25, 0.3) is 0 Å². The Bertz CT molecular complexity index is 906. The first kappa shape index (κ1) is 23.2. The van der Waals surface area contributed by atoms with Gasteiger partial charge in [0.05, 0.1) is 0 Å². The molecule has 1 saturated heterocycles. The lowest BCUT2D eigenvalue weighted by Crippen LogP contribution is -2.43. The first-order chi connectivity index (χ1) is 15.4. The molecular formula is C25H34ClN5S. The highest BCUT2D eigenvalue weighted by Gasteiger charge is 2.33. The average Bonchev–Trinajstić information content (AvgIpc) is 2.78. The monoisotopic (exact) mass is 471 g/mol. The minimum Gasteiger partial charge on any atom is -0.361 e. The Kier molecular flexibility index (Phi) is 7.51. The third-order valence-corrected chi connectivity index (χ3v) is 7.32. The van der Waals surface area contributed by atoms with Gasteiger partial charge in [0, 0.05) is 31.1 Å². The van der Waals surface area contributed by atoms with E-state index in [2.05, 4.69) is 64.7 Å². The van der Waals surface area contributed by atoms with Crippen molar-refractivity contribution in [3.05, 3.63) is 47.1 Å². The largest absolute Gasteiger partial charge is 0.361 e. The van der Waals surface area contributed by atoms with Crippen LogP contribution < -0.4 is 15.5 Å². The molecule has 4 rings (SSSR count). The molecule has 1 saturated carbocycles. The number of hydrogen-bond acceptors (Lipinski definition) is 4. The molecule has 1 aliphatic carbocycles. The number of piperidine rings is 1. The van der Waals surface area contributed by atoms with Gasteiger partial charge in [-0.2, -0.15) is 4.98 Å². The van der Waals surface area contributed by atoms with Crippen molar-refractivity contribution < 1.29 is 0 Å². The van der Waals surface area contributed by atoms with Crippen LogP contribution in [0.4, 0.5) is 11.8 Å². The molecule has 0 radical (unpaired) electrons. The maximum absolute atomic E-state index is 6.34. The summed E-state index contributed by atoms with van der Waals surface area (Å²) >= 11 is 12.0. The van der Waals surface area contributed by atoms with Gasteiger partial charge < -0.3 is 15.5 Å². The molecule has 2 atom stereocenters. The third kappa shape index (κ3) is 5.70. The quantitative estimate of drug-likeness (QED) is 0.424. The first-order valence-electron chi connectivity index (χ1n) is 11.8. The molecule has 1 aromatic heterocycles. The van der Waals surface area contributed by atoms with Gasteiger partial charge in [0.15, 0.2) is 5.11 Å². The van der Waals surface area contributed by atoms with Gasteiger partial charge in [0.2, 0.25) is 5.95 Å². The van der Waals surface area contributed by atoms with E-state index < -0.39 is 0 Å². The zero-order chi connectivity index (χ0) is 22.6. The summed E-state index contributed by atoms with van der Waals surface area (Å²) in [4.78, 5) is 11.4. The summed E-state index contributed by atoms with van der Waals surface area (Å²) in [6, 6.07) is 12.7. The number of aromatic nitrogens is 2. The number of nitrogens with zero attached hydrogens (tertiary/aromatic N) is 3. The Labute approximate surface area is 202 Å². The lowest BCUT2D eigenvalue weighted by Gasteiger charge is -2.38. The molecule has 1 aromatic carbocycles. The molecule has 5 nitrogen and oxygen atoms in total. The smallest absolute Gasteiger partial charge is 0.232 e. The Morgan fingerprint density at radius 3 is 2.47 bits per heavy atom. The van der Waals surface area contributed by atoms with Gasteiger partial charge in [0.1, 0.15) is 11.0 Å². The van der Waals surface area contributed by atoms with Crippen molar-refractivity contribution in [1.29, 1.82) is 0 Å². The van der Waals surface area contributed by atoms with Crippen molar-refractivity contribution in [2.45, 2.75) is 57.8 Å². The number of anilines is 2. The topological polar surface area (TPSA) is 53.1 Å². The average molecular weight is 472 g/mol. The van der Waals surface area contributed by atoms with Crippen molar-refractivity contribution in [1.82, 2.24) is 15.3 Å². The van der Waals surface area contributed by atoms with Crippen molar-refractivity contribution in [3.8, 4) is 0 Å². The summed E-state index contributed by atoms with van der Waals surface area (Å²) < 4.78 is 0. The van der Waals surface area contributed by atoms with Gasteiger partial charge in [-0.05, 0) is 48.9 Å². The highest BCUT2D eigenvalue weighted by Crippen LogP contribution is 2.39. The van der Waals surface area contributed by atoms with Gasteiger partial charge in [-0.3, -0.25) is 0 Å². The summed E-state index contributed by atoms with van der Waals surface area (Å²) in [5, 5.41) is 7.61. The van der Waals surface area contributed by atoms with E-state index in [0.717, 1.165) is 25.5 Å². The predicted molar refractivity (Wildman–Crippen MR) is 138 cm³/mol. The Morgan fingerprint density at radius 2 is 1.78 bits per heavy atom. The second-order valence-electron chi connectivity index (χ2n) is 9.74. The molecule has 172 valence electrons. The van der Waals surface area contributed by atoms with Gasteiger partial charge >= 0.3 is 0 Å². The van der Waals surface area contributed by atoms with E-state index in [0.29, 0.717) is 28.0 Å². The summed E-state index contributed by atoms with van der Waals surface area (Å²) in [6.07, 6.45) is 7.42. The lowest BCUT2D eigenvalue weighted by molar-refractivity contribution is 0.292. The number of benzene rings is 1. The van der Waals surface area contributed by atoms with Crippen molar-refractivity contribution >= 4 is 40.7 Å². The van der Waals surface area contributed by atoms with Crippen molar-refractivity contribution in [2.24, 2.45) is 11.8 Å². The SMILES string of the molecule is CC1CC(C)CN(c2cc(Cl)nc(NC(=S)NCC3(c4ccccc4)CCCCC3)n2)C1. The van der Waals surface area contributed by atoms with Gasteiger partial charge in [-0.15, -0.1) is 0 Å². The van der Waals surface area contributed by atoms with E-state index in [-0.39, 0.29) is 5.41 Å². The van der Waals surface area contributed by atoms with Crippen LogP contribution in [-0.4, -0.2) is 34.7 Å². The molecule has 0 bridgehead atoms. The maximum atomic E-state index is 6.34. The molecule has 2 N–H and O–H groups in total. The molecule has 2 heterocycles. The Balaban J connectivity index is 1.43. The molecule has 0 amide bonds. The van der Waals surface area contributed by atoms with E-state index in [1.54, 1.807) is 0 Å². The number of halogens is 1. The highest BCUT2D eigenvalue weighted by atomic mass is 35.5. The highest BCUT2D eigenvalue weighted by molar-refractivity contribution is 7.80. The summed E-state index contributed by atoms with van der Waals surface area (Å²) in [5.74, 6) is 2.59. The molecular weight excluding hydrogens is 438 g/mol. The fourth-order valence-corrected chi connectivity index (χ4v) is 5.80. The molecule has 2 fully saturated rings. The van der Waals surface area contributed by atoms with Crippen molar-refractivity contribution in [2.75, 3.05) is 29.9 Å². The fourth-order valence-electron chi connectivity index (χ4n) is 5.46. The standard InChI is InChI=1S/C25H34ClN5S/c1-18-13-19(2)16-31(15-18)22-14-21(26)28-23(29-22)30-24(32)27-17-25(11-7-4-8-12-25)20-9-5-3-6-10-20/h3,5-6,9-10,14,18-19H,4,7-8,11-13,15-17H2,1-2H3,(H2,27,28,29,30,32). The number of thiocarbonyl (C=S) groups is 1. The number of hydrogen-bond donors (Lipinski definition) is 2. The second kappa shape index (κ2) is 10.3. The van der Waals surface area contributed by atoms with E-state index >= 15 is 0 Å². The van der Waals surface area contributed by atoms with Crippen LogP contribution in [0.3, 0.4) is 0 Å². The van der Waals surface area contributed by atoms with Crippen LogP contribution >= 0.6 is 23.8 Å². The number of rotatable bonds is 5. The summed E-state index contributed by atoms with van der Waals surface area (Å²) in [5.41, 5.74) is 1.51. The minimum absolute atomic E-state index is 0.117. The van der Waals surface area contributed by atoms with Crippen molar-refractivity contribution in [3.63, 3.8) is 0 Å². The first-order valence-corrected chi connectivity index (χ1v) is 12.6. The molecule has 2 aliphatic rings. The zero-order valence-electron chi connectivity index (χ0n) is 19.1. The predicted octanol–water partition coefficient (Wildman–Crippen LogP) is 5.80. The molecule has 2 unspecified atom stereocenters. The van der Waals surface area contributed by atoms with Gasteiger partial charge in [-0.25, -0.2) is 4.98 Å². The van der Waals surface area contributed by atoms with E-state index in [1.807, 2.05) is 6.07 Å². The number of nitrogens with one attached hydrogen (secondary N) is 2. The Morgan fingerprint density at radius 1 is 1.09 bits per heavy atom. The minimum atomic E-state index is 0.117. The second-order valence-corrected chi connectivity index (χ2v) is 10.5. The van der Waals surface area contributed by atoms with Gasteiger partial charge in [-0.1, -0.05) is 75.0 Å². The summed E-state index contributed by atoms with van der Waals surface area (Å²) in [6.45, 7) is 7.35. The molecule has 2 aromatic rings. The van der Waals surface area contributed by atoms with Crippen LogP contribution in [0.2, 0.25) is 5.15 Å². The van der Waals surface area contributed by atoms with Crippen LogP contribution in [-0.2, 0) is 5.41 Å². The van der Waals surface area contributed by atoms with Crippen LogP contribution in [0.25, 0.3) is 0 Å². The van der Waals surface area contributed by atoms with Crippen LogP contribution in [0.5, 0.6) is 0 Å². The molecule has 7 heteroatoms. The summed E-state index contributed by atoms with van der Waals surface area (Å²) in [7, 11) is 0. The maximum Gasteiger partial charge on any atom is 0.232 e. The molecule has 0 spiro atoms. The third-order valence-electron chi connectivity index (χ3n) is 6.88. The van der Waals surface area contributed by atoms with E-state index in [1.165, 1.54) is 44.1 Å². The normalized spacial score (nSPS) is 22.9. The fraction of sp³-hybridized carbons (Fsp3) is 0.560. The Hall–Kier alpha value is -1.92. The van der Waals surface area contributed by atoms with E-state index in [9.17, 15) is 0 Å². The van der Waals surface area contributed by atoms with E-state index in [4.69, 9.17) is 28.8 Å². The van der Waals surface area contributed by atoms with Crippen LogP contribution in [0.1, 0.15) is 57.9 Å². The van der Waals surface area contributed by atoms with Crippen LogP contribution in [0, 0.1) is 11.8 Å². The lowest BCUT2D eigenvalue weighted by atomic mass is 9.69. The molecule has 32 heavy (non-hydrogen) atoms. The molecule has 1 aliphatic heterocycles.